The molecule has 1 aromatic rings. The first-order valence-electron chi connectivity index (χ1n) is 6.11. The van der Waals surface area contributed by atoms with Gasteiger partial charge in [0.25, 0.3) is 5.91 Å². The SMILES string of the molecule is COCCCNC(=O)c1ccnc(NCCOC)n1. The number of hydrogen-bond donors (Lipinski definition) is 2. The maximum Gasteiger partial charge on any atom is 0.270 e. The number of hydrogen-bond acceptors (Lipinski definition) is 6. The number of nitrogens with zero attached hydrogens (tertiary/aromatic N) is 2. The average Bonchev–Trinajstić information content (AvgIpc) is 2.44. The third-order valence-electron chi connectivity index (χ3n) is 2.29. The van der Waals surface area contributed by atoms with Crippen molar-refractivity contribution in [2.75, 3.05) is 45.8 Å². The zero-order valence-corrected chi connectivity index (χ0v) is 11.3. The van der Waals surface area contributed by atoms with E-state index in [-0.39, 0.29) is 5.91 Å². The number of rotatable bonds is 9. The summed E-state index contributed by atoms with van der Waals surface area (Å²) in [6.07, 6.45) is 2.32. The van der Waals surface area contributed by atoms with Crippen LogP contribution in [0, 0.1) is 0 Å². The van der Waals surface area contributed by atoms with Crippen LogP contribution in [-0.2, 0) is 9.47 Å². The van der Waals surface area contributed by atoms with E-state index in [0.29, 0.717) is 37.9 Å². The highest BCUT2D eigenvalue weighted by atomic mass is 16.5. The number of anilines is 1. The van der Waals surface area contributed by atoms with E-state index in [4.69, 9.17) is 9.47 Å². The Morgan fingerprint density at radius 3 is 2.79 bits per heavy atom. The van der Waals surface area contributed by atoms with E-state index in [2.05, 4.69) is 20.6 Å². The Morgan fingerprint density at radius 1 is 1.26 bits per heavy atom. The summed E-state index contributed by atoms with van der Waals surface area (Å²) >= 11 is 0. The first-order valence-corrected chi connectivity index (χ1v) is 6.11. The molecule has 0 fully saturated rings. The summed E-state index contributed by atoms with van der Waals surface area (Å²) in [5, 5.41) is 5.74. The first kappa shape index (κ1) is 15.3. The number of carbonyl (C=O) groups is 1. The first-order chi connectivity index (χ1) is 9.27. The molecule has 1 amide bonds. The van der Waals surface area contributed by atoms with Crippen LogP contribution in [0.25, 0.3) is 0 Å². The lowest BCUT2D eigenvalue weighted by Gasteiger charge is -2.06. The van der Waals surface area contributed by atoms with Gasteiger partial charge in [-0.3, -0.25) is 4.79 Å². The largest absolute Gasteiger partial charge is 0.385 e. The monoisotopic (exact) mass is 268 g/mol. The third-order valence-corrected chi connectivity index (χ3v) is 2.29. The third kappa shape index (κ3) is 6.12. The average molecular weight is 268 g/mol. The number of amides is 1. The number of nitrogens with one attached hydrogen (secondary N) is 2. The molecule has 7 heteroatoms. The predicted molar refractivity (Wildman–Crippen MR) is 71.2 cm³/mol. The Bertz CT molecular complexity index is 387. The molecule has 0 aromatic carbocycles. The van der Waals surface area contributed by atoms with Crippen LogP contribution in [0.3, 0.4) is 0 Å². The molecule has 0 atom stereocenters. The molecule has 0 aliphatic rings. The van der Waals surface area contributed by atoms with Gasteiger partial charge in [-0.2, -0.15) is 0 Å². The second-order valence-corrected chi connectivity index (χ2v) is 3.79. The van der Waals surface area contributed by atoms with E-state index in [0.717, 1.165) is 6.42 Å². The Labute approximate surface area is 112 Å². The number of aromatic nitrogens is 2. The highest BCUT2D eigenvalue weighted by molar-refractivity contribution is 5.92. The molecule has 2 N–H and O–H groups in total. The molecule has 0 bridgehead atoms. The van der Waals surface area contributed by atoms with Crippen molar-refractivity contribution in [1.82, 2.24) is 15.3 Å². The van der Waals surface area contributed by atoms with Crippen LogP contribution < -0.4 is 10.6 Å². The van der Waals surface area contributed by atoms with Crippen molar-refractivity contribution in [1.29, 1.82) is 0 Å². The van der Waals surface area contributed by atoms with Crippen LogP contribution in [0.5, 0.6) is 0 Å². The summed E-state index contributed by atoms with van der Waals surface area (Å²) in [5.74, 6) is 0.204. The number of carbonyl (C=O) groups excluding carboxylic acids is 1. The molecule has 0 aliphatic carbocycles. The van der Waals surface area contributed by atoms with Gasteiger partial charge in [-0.05, 0) is 12.5 Å². The Morgan fingerprint density at radius 2 is 2.05 bits per heavy atom. The minimum atomic E-state index is -0.215. The molecular formula is C12H20N4O3. The van der Waals surface area contributed by atoms with Crippen molar-refractivity contribution in [3.63, 3.8) is 0 Å². The maximum atomic E-state index is 11.8. The maximum absolute atomic E-state index is 11.8. The van der Waals surface area contributed by atoms with Gasteiger partial charge in [0.1, 0.15) is 5.69 Å². The van der Waals surface area contributed by atoms with Gasteiger partial charge in [-0.1, -0.05) is 0 Å². The Hall–Kier alpha value is -1.73. The second-order valence-electron chi connectivity index (χ2n) is 3.79. The van der Waals surface area contributed by atoms with Gasteiger partial charge in [-0.25, -0.2) is 9.97 Å². The summed E-state index contributed by atoms with van der Waals surface area (Å²) in [6.45, 7) is 2.32. The van der Waals surface area contributed by atoms with E-state index >= 15 is 0 Å². The van der Waals surface area contributed by atoms with Crippen LogP contribution in [-0.4, -0.2) is 56.4 Å². The van der Waals surface area contributed by atoms with E-state index < -0.39 is 0 Å². The van der Waals surface area contributed by atoms with Crippen molar-refractivity contribution in [3.05, 3.63) is 18.0 Å². The van der Waals surface area contributed by atoms with Gasteiger partial charge in [0, 0.05) is 40.1 Å². The highest BCUT2D eigenvalue weighted by Gasteiger charge is 2.07. The van der Waals surface area contributed by atoms with Gasteiger partial charge in [0.05, 0.1) is 6.61 Å². The van der Waals surface area contributed by atoms with Gasteiger partial charge in [-0.15, -0.1) is 0 Å². The molecule has 0 unspecified atom stereocenters. The van der Waals surface area contributed by atoms with Gasteiger partial charge in [0.15, 0.2) is 0 Å². The number of methoxy groups -OCH3 is 2. The Balaban J connectivity index is 2.43. The van der Waals surface area contributed by atoms with E-state index in [1.165, 1.54) is 0 Å². The quantitative estimate of drug-likeness (QED) is 0.627. The van der Waals surface area contributed by atoms with Crippen LogP contribution >= 0.6 is 0 Å². The minimum Gasteiger partial charge on any atom is -0.385 e. The van der Waals surface area contributed by atoms with E-state index in [1.807, 2.05) is 0 Å². The zero-order chi connectivity index (χ0) is 13.9. The molecule has 0 radical (unpaired) electrons. The van der Waals surface area contributed by atoms with Crippen molar-refractivity contribution in [2.24, 2.45) is 0 Å². The molecule has 0 saturated heterocycles. The van der Waals surface area contributed by atoms with Crippen molar-refractivity contribution >= 4 is 11.9 Å². The summed E-state index contributed by atoms with van der Waals surface area (Å²) in [6, 6.07) is 1.58. The fraction of sp³-hybridized carbons (Fsp3) is 0.583. The van der Waals surface area contributed by atoms with Gasteiger partial charge < -0.3 is 20.1 Å². The zero-order valence-electron chi connectivity index (χ0n) is 11.3. The van der Waals surface area contributed by atoms with Crippen molar-refractivity contribution in [3.8, 4) is 0 Å². The topological polar surface area (TPSA) is 85.4 Å². The molecule has 19 heavy (non-hydrogen) atoms. The molecule has 1 aromatic heterocycles. The normalized spacial score (nSPS) is 10.2. The standard InChI is InChI=1S/C12H20N4O3/c1-18-8-3-5-13-11(17)10-4-6-14-12(16-10)15-7-9-19-2/h4,6H,3,5,7-9H2,1-2H3,(H,13,17)(H,14,15,16). The number of ether oxygens (including phenoxy) is 2. The lowest BCUT2D eigenvalue weighted by atomic mass is 10.3. The summed E-state index contributed by atoms with van der Waals surface area (Å²) in [5.41, 5.74) is 0.340. The lowest BCUT2D eigenvalue weighted by molar-refractivity contribution is 0.0943. The summed E-state index contributed by atoms with van der Waals surface area (Å²) < 4.78 is 9.81. The van der Waals surface area contributed by atoms with Gasteiger partial charge in [0.2, 0.25) is 5.95 Å². The molecule has 0 aliphatic heterocycles. The van der Waals surface area contributed by atoms with E-state index in [1.54, 1.807) is 26.5 Å². The van der Waals surface area contributed by atoms with Crippen molar-refractivity contribution < 1.29 is 14.3 Å². The molecular weight excluding hydrogens is 248 g/mol. The van der Waals surface area contributed by atoms with Gasteiger partial charge >= 0.3 is 0 Å². The fourth-order valence-corrected chi connectivity index (χ4v) is 1.34. The van der Waals surface area contributed by atoms with E-state index in [9.17, 15) is 4.79 Å². The molecule has 1 heterocycles. The summed E-state index contributed by atoms with van der Waals surface area (Å²) in [4.78, 5) is 19.9. The van der Waals surface area contributed by atoms with Crippen LogP contribution in [0.1, 0.15) is 16.9 Å². The van der Waals surface area contributed by atoms with Crippen LogP contribution in [0.2, 0.25) is 0 Å². The smallest absolute Gasteiger partial charge is 0.270 e. The predicted octanol–water partition coefficient (Wildman–Crippen LogP) is 0.301. The Kier molecular flexibility index (Phi) is 7.45. The lowest BCUT2D eigenvalue weighted by Crippen LogP contribution is -2.26. The van der Waals surface area contributed by atoms with Crippen LogP contribution in [0.4, 0.5) is 5.95 Å². The minimum absolute atomic E-state index is 0.215. The molecule has 106 valence electrons. The molecule has 0 saturated carbocycles. The molecule has 7 nitrogen and oxygen atoms in total. The molecule has 0 spiro atoms. The van der Waals surface area contributed by atoms with Crippen LogP contribution in [0.15, 0.2) is 12.3 Å². The highest BCUT2D eigenvalue weighted by Crippen LogP contribution is 2.00. The molecule has 1 rings (SSSR count). The van der Waals surface area contributed by atoms with Crippen molar-refractivity contribution in [2.45, 2.75) is 6.42 Å². The summed E-state index contributed by atoms with van der Waals surface area (Å²) in [7, 11) is 3.25. The second kappa shape index (κ2) is 9.23. The fourth-order valence-electron chi connectivity index (χ4n) is 1.34.